The second-order valence-corrected chi connectivity index (χ2v) is 7.35. The van der Waals surface area contributed by atoms with Gasteiger partial charge in [0, 0.05) is 53.9 Å². The number of hydrogen-bond donors (Lipinski definition) is 0. The molecular formula is C23H21N3O5. The minimum Gasteiger partial charge on any atom is -0.454 e. The van der Waals surface area contributed by atoms with Crippen molar-refractivity contribution in [2.75, 3.05) is 19.7 Å². The molecule has 8 nitrogen and oxygen atoms in total. The molecule has 0 saturated heterocycles. The van der Waals surface area contributed by atoms with Gasteiger partial charge in [0.25, 0.3) is 5.69 Å². The normalized spacial score (nSPS) is 13.6. The average molecular weight is 419 g/mol. The van der Waals surface area contributed by atoms with Crippen LogP contribution in [0.5, 0.6) is 0 Å². The van der Waals surface area contributed by atoms with Crippen LogP contribution in [0.4, 0.5) is 5.69 Å². The van der Waals surface area contributed by atoms with Gasteiger partial charge in [-0.15, -0.1) is 0 Å². The Kier molecular flexibility index (Phi) is 5.73. The Morgan fingerprint density at radius 1 is 1.19 bits per heavy atom. The van der Waals surface area contributed by atoms with E-state index >= 15 is 0 Å². The molecule has 0 bridgehead atoms. The molecule has 8 heteroatoms. The molecule has 4 rings (SSSR count). The van der Waals surface area contributed by atoms with Crippen molar-refractivity contribution in [3.05, 3.63) is 81.0 Å². The van der Waals surface area contributed by atoms with Crippen LogP contribution in [-0.2, 0) is 17.7 Å². The van der Waals surface area contributed by atoms with Crippen LogP contribution in [0.2, 0.25) is 0 Å². The first-order chi connectivity index (χ1) is 15.0. The SMILES string of the molecule is CCN1CCc2nc3ccccc3c(C(=O)OCC(=O)c3cccc([N+](=O)[O-])c3)c2C1. The minimum absolute atomic E-state index is 0.126. The van der Waals surface area contributed by atoms with Gasteiger partial charge in [-0.05, 0) is 12.6 Å². The molecule has 0 saturated carbocycles. The van der Waals surface area contributed by atoms with E-state index in [2.05, 4.69) is 11.8 Å². The predicted molar refractivity (Wildman–Crippen MR) is 114 cm³/mol. The highest BCUT2D eigenvalue weighted by atomic mass is 16.6. The van der Waals surface area contributed by atoms with Crippen LogP contribution in [0.15, 0.2) is 48.5 Å². The second-order valence-electron chi connectivity index (χ2n) is 7.35. The van der Waals surface area contributed by atoms with E-state index in [1.54, 1.807) is 0 Å². The average Bonchev–Trinajstić information content (AvgIpc) is 2.80. The molecule has 0 amide bonds. The van der Waals surface area contributed by atoms with Crippen molar-refractivity contribution >= 4 is 28.3 Å². The highest BCUT2D eigenvalue weighted by Crippen LogP contribution is 2.28. The summed E-state index contributed by atoms with van der Waals surface area (Å²) in [7, 11) is 0. The Balaban J connectivity index is 1.62. The van der Waals surface area contributed by atoms with E-state index in [9.17, 15) is 19.7 Å². The quantitative estimate of drug-likeness (QED) is 0.260. The van der Waals surface area contributed by atoms with Crippen LogP contribution in [-0.4, -0.2) is 46.3 Å². The molecule has 2 heterocycles. The maximum Gasteiger partial charge on any atom is 0.339 e. The number of likely N-dealkylation sites (N-methyl/N-ethyl adjacent to an activating group) is 1. The van der Waals surface area contributed by atoms with E-state index in [1.165, 1.54) is 24.3 Å². The third-order valence-corrected chi connectivity index (χ3v) is 5.49. The van der Waals surface area contributed by atoms with E-state index in [0.29, 0.717) is 23.0 Å². The second kappa shape index (κ2) is 8.61. The predicted octanol–water partition coefficient (Wildman–Crippen LogP) is 3.56. The maximum absolute atomic E-state index is 13.1. The van der Waals surface area contributed by atoms with E-state index in [4.69, 9.17) is 9.72 Å². The lowest BCUT2D eigenvalue weighted by atomic mass is 9.96. The fourth-order valence-electron chi connectivity index (χ4n) is 3.83. The number of carbonyl (C=O) groups excluding carboxylic acids is 2. The summed E-state index contributed by atoms with van der Waals surface area (Å²) in [6, 6.07) is 12.8. The largest absolute Gasteiger partial charge is 0.454 e. The molecule has 0 unspecified atom stereocenters. The minimum atomic E-state index is -0.591. The smallest absolute Gasteiger partial charge is 0.339 e. The number of ether oxygens (including phenoxy) is 1. The summed E-state index contributed by atoms with van der Waals surface area (Å²) >= 11 is 0. The van der Waals surface area contributed by atoms with Crippen molar-refractivity contribution in [3.63, 3.8) is 0 Å². The zero-order chi connectivity index (χ0) is 22.0. The number of hydrogen-bond acceptors (Lipinski definition) is 7. The van der Waals surface area contributed by atoms with Gasteiger partial charge in [-0.25, -0.2) is 4.79 Å². The molecule has 0 atom stereocenters. The van der Waals surface area contributed by atoms with Gasteiger partial charge in [0.1, 0.15) is 0 Å². The first kappa shape index (κ1) is 20.6. The molecular weight excluding hydrogens is 398 g/mol. The van der Waals surface area contributed by atoms with Gasteiger partial charge in [0.05, 0.1) is 16.0 Å². The molecule has 1 aliphatic rings. The number of nitro groups is 1. The van der Waals surface area contributed by atoms with Crippen molar-refractivity contribution < 1.29 is 19.2 Å². The summed E-state index contributed by atoms with van der Waals surface area (Å²) in [5.74, 6) is -1.09. The van der Waals surface area contributed by atoms with Crippen LogP contribution in [0.3, 0.4) is 0 Å². The van der Waals surface area contributed by atoms with Gasteiger partial charge in [-0.3, -0.25) is 24.8 Å². The zero-order valence-corrected chi connectivity index (χ0v) is 17.0. The molecule has 1 aromatic heterocycles. The fraction of sp³-hybridized carbons (Fsp3) is 0.261. The number of ketones is 1. The molecule has 0 aliphatic carbocycles. The number of esters is 1. The molecule has 0 spiro atoms. The molecule has 0 N–H and O–H groups in total. The number of Topliss-reactive ketones (excluding diaryl/α,β-unsaturated/α-hetero) is 1. The summed E-state index contributed by atoms with van der Waals surface area (Å²) in [5, 5.41) is 11.6. The summed E-state index contributed by atoms with van der Waals surface area (Å²) in [6.07, 6.45) is 0.737. The molecule has 3 aromatic rings. The van der Waals surface area contributed by atoms with E-state index in [-0.39, 0.29) is 11.3 Å². The van der Waals surface area contributed by atoms with Gasteiger partial charge in [0.15, 0.2) is 6.61 Å². The molecule has 158 valence electrons. The molecule has 1 aliphatic heterocycles. The highest BCUT2D eigenvalue weighted by molar-refractivity contribution is 6.06. The van der Waals surface area contributed by atoms with Gasteiger partial charge in [0.2, 0.25) is 5.78 Å². The lowest BCUT2D eigenvalue weighted by molar-refractivity contribution is -0.384. The molecule has 0 radical (unpaired) electrons. The molecule has 0 fully saturated rings. The number of benzene rings is 2. The topological polar surface area (TPSA) is 103 Å². The van der Waals surface area contributed by atoms with E-state index < -0.39 is 23.3 Å². The molecule has 31 heavy (non-hydrogen) atoms. The van der Waals surface area contributed by atoms with Crippen molar-refractivity contribution in [1.82, 2.24) is 9.88 Å². The monoisotopic (exact) mass is 419 g/mol. The van der Waals surface area contributed by atoms with Crippen LogP contribution in [0.1, 0.15) is 38.9 Å². The number of fused-ring (bicyclic) bond motifs is 2. The third-order valence-electron chi connectivity index (χ3n) is 5.49. The Morgan fingerprint density at radius 2 is 2.00 bits per heavy atom. The summed E-state index contributed by atoms with van der Waals surface area (Å²) in [5.41, 5.74) is 2.79. The van der Waals surface area contributed by atoms with Crippen molar-refractivity contribution in [2.45, 2.75) is 19.9 Å². The van der Waals surface area contributed by atoms with Gasteiger partial charge in [-0.2, -0.15) is 0 Å². The Morgan fingerprint density at radius 3 is 2.77 bits per heavy atom. The van der Waals surface area contributed by atoms with E-state index in [0.717, 1.165) is 30.8 Å². The summed E-state index contributed by atoms with van der Waals surface area (Å²) < 4.78 is 5.38. The number of para-hydroxylation sites is 1. The van der Waals surface area contributed by atoms with Crippen LogP contribution < -0.4 is 0 Å². The van der Waals surface area contributed by atoms with Gasteiger partial charge < -0.3 is 4.74 Å². The van der Waals surface area contributed by atoms with Gasteiger partial charge in [-0.1, -0.05) is 37.3 Å². The van der Waals surface area contributed by atoms with Crippen LogP contribution >= 0.6 is 0 Å². The van der Waals surface area contributed by atoms with E-state index in [1.807, 2.05) is 24.3 Å². The fourth-order valence-corrected chi connectivity index (χ4v) is 3.83. The third kappa shape index (κ3) is 4.15. The van der Waals surface area contributed by atoms with Crippen molar-refractivity contribution in [1.29, 1.82) is 0 Å². The number of nitrogens with zero attached hydrogens (tertiary/aromatic N) is 3. The summed E-state index contributed by atoms with van der Waals surface area (Å²) in [6.45, 7) is 3.88. The number of nitro benzene ring substituents is 1. The Labute approximate surface area is 178 Å². The van der Waals surface area contributed by atoms with Gasteiger partial charge >= 0.3 is 5.97 Å². The standard InChI is InChI=1S/C23H21N3O5/c1-2-25-11-10-20-18(13-25)22(17-8-3-4-9-19(17)24-20)23(28)31-14-21(27)15-6-5-7-16(12-15)26(29)30/h3-9,12H,2,10-11,13-14H2,1H3. The zero-order valence-electron chi connectivity index (χ0n) is 17.0. The maximum atomic E-state index is 13.1. The number of aromatic nitrogens is 1. The lowest BCUT2D eigenvalue weighted by Gasteiger charge is -2.28. The summed E-state index contributed by atoms with van der Waals surface area (Å²) in [4.78, 5) is 42.9. The number of carbonyl (C=O) groups is 2. The number of pyridine rings is 1. The Hall–Kier alpha value is -3.65. The molecule has 2 aromatic carbocycles. The highest BCUT2D eigenvalue weighted by Gasteiger charge is 2.26. The van der Waals surface area contributed by atoms with Crippen molar-refractivity contribution in [3.8, 4) is 0 Å². The first-order valence-electron chi connectivity index (χ1n) is 10.1. The number of rotatable bonds is 6. The van der Waals surface area contributed by atoms with Crippen LogP contribution in [0.25, 0.3) is 10.9 Å². The first-order valence-corrected chi connectivity index (χ1v) is 10.1. The lowest BCUT2D eigenvalue weighted by Crippen LogP contribution is -2.32. The van der Waals surface area contributed by atoms with Crippen molar-refractivity contribution in [2.24, 2.45) is 0 Å². The van der Waals surface area contributed by atoms with Crippen LogP contribution in [0, 0.1) is 10.1 Å². The number of non-ortho nitro benzene ring substituents is 1. The Bertz CT molecular complexity index is 1190.